The van der Waals surface area contributed by atoms with Crippen molar-refractivity contribution in [1.29, 1.82) is 0 Å². The number of hydrogen-bond donors (Lipinski definition) is 2. The van der Waals surface area contributed by atoms with Gasteiger partial charge in [-0.2, -0.15) is 5.10 Å². The molecule has 0 unspecified atom stereocenters. The Bertz CT molecular complexity index is 1120. The van der Waals surface area contributed by atoms with E-state index in [0.29, 0.717) is 5.65 Å². The topological polar surface area (TPSA) is 70.2 Å². The molecular formula is C19H13N5. The van der Waals surface area contributed by atoms with Crippen LogP contribution in [0.1, 0.15) is 0 Å². The van der Waals surface area contributed by atoms with Crippen molar-refractivity contribution in [1.82, 2.24) is 25.1 Å². The number of hydrogen-bond acceptors (Lipinski definition) is 3. The number of H-pyrrole nitrogens is 2. The summed E-state index contributed by atoms with van der Waals surface area (Å²) in [7, 11) is 0. The van der Waals surface area contributed by atoms with Gasteiger partial charge in [0, 0.05) is 40.4 Å². The van der Waals surface area contributed by atoms with Crippen LogP contribution in [0.2, 0.25) is 0 Å². The number of nitrogens with zero attached hydrogens (tertiary/aromatic N) is 3. The van der Waals surface area contributed by atoms with E-state index in [2.05, 4.69) is 49.4 Å². The van der Waals surface area contributed by atoms with Gasteiger partial charge in [0.1, 0.15) is 0 Å². The van der Waals surface area contributed by atoms with E-state index in [1.165, 1.54) is 5.39 Å². The number of benzene rings is 1. The molecule has 4 aromatic heterocycles. The monoisotopic (exact) mass is 311 g/mol. The molecule has 0 spiro atoms. The van der Waals surface area contributed by atoms with Gasteiger partial charge in [-0.25, -0.2) is 4.98 Å². The zero-order chi connectivity index (χ0) is 15.9. The zero-order valence-electron chi connectivity index (χ0n) is 12.7. The Morgan fingerprint density at radius 1 is 0.875 bits per heavy atom. The maximum absolute atomic E-state index is 4.48. The Balaban J connectivity index is 1.71. The number of aromatic amines is 2. The van der Waals surface area contributed by atoms with Gasteiger partial charge < -0.3 is 4.98 Å². The second kappa shape index (κ2) is 5.03. The summed E-state index contributed by atoms with van der Waals surface area (Å²) in [5.41, 5.74) is 5.90. The van der Waals surface area contributed by atoms with Crippen molar-refractivity contribution in [2.75, 3.05) is 0 Å². The molecule has 0 aliphatic rings. The summed E-state index contributed by atoms with van der Waals surface area (Å²) in [6, 6.07) is 16.4. The molecule has 24 heavy (non-hydrogen) atoms. The normalized spacial score (nSPS) is 11.3. The first kappa shape index (κ1) is 13.0. The largest absolute Gasteiger partial charge is 0.353 e. The first-order valence-electron chi connectivity index (χ1n) is 7.71. The van der Waals surface area contributed by atoms with Crippen molar-refractivity contribution in [3.63, 3.8) is 0 Å². The number of para-hydroxylation sites is 1. The van der Waals surface area contributed by atoms with Crippen LogP contribution in [0.4, 0.5) is 0 Å². The lowest BCUT2D eigenvalue weighted by molar-refractivity contribution is 1.10. The fraction of sp³-hybridized carbons (Fsp3) is 0. The molecule has 4 heterocycles. The van der Waals surface area contributed by atoms with Gasteiger partial charge in [0.25, 0.3) is 0 Å². The average molecular weight is 311 g/mol. The quantitative estimate of drug-likeness (QED) is 0.514. The maximum Gasteiger partial charge on any atom is 0.181 e. The third-order valence-electron chi connectivity index (χ3n) is 4.22. The molecular weight excluding hydrogens is 298 g/mol. The van der Waals surface area contributed by atoms with Crippen LogP contribution in [0.3, 0.4) is 0 Å². The third-order valence-corrected chi connectivity index (χ3v) is 4.22. The Labute approximate surface area is 137 Å². The molecule has 0 aliphatic carbocycles. The molecule has 0 radical (unpaired) electrons. The van der Waals surface area contributed by atoms with Crippen molar-refractivity contribution in [2.45, 2.75) is 0 Å². The second-order valence-corrected chi connectivity index (χ2v) is 5.70. The molecule has 0 saturated carbocycles. The van der Waals surface area contributed by atoms with Gasteiger partial charge in [-0.05, 0) is 35.9 Å². The van der Waals surface area contributed by atoms with Gasteiger partial charge >= 0.3 is 0 Å². The van der Waals surface area contributed by atoms with Gasteiger partial charge in [0.05, 0.1) is 11.4 Å². The summed E-state index contributed by atoms with van der Waals surface area (Å²) < 4.78 is 0. The standard InChI is InChI=1S/C19H13N5/c1-2-4-16-13(3-1)10-17(22-16)18-15-9-14(11-21-19(15)24-23-18)12-5-7-20-8-6-12/h1-11,22H,(H,21,23,24). The van der Waals surface area contributed by atoms with Gasteiger partial charge in [-0.1, -0.05) is 18.2 Å². The summed E-state index contributed by atoms with van der Waals surface area (Å²) in [6.45, 7) is 0. The average Bonchev–Trinajstić information content (AvgIpc) is 3.25. The van der Waals surface area contributed by atoms with E-state index in [1.54, 1.807) is 12.4 Å². The smallest absolute Gasteiger partial charge is 0.181 e. The van der Waals surface area contributed by atoms with Gasteiger partial charge in [0.15, 0.2) is 5.65 Å². The van der Waals surface area contributed by atoms with Crippen LogP contribution in [0.15, 0.2) is 67.1 Å². The van der Waals surface area contributed by atoms with Crippen molar-refractivity contribution < 1.29 is 0 Å². The highest BCUT2D eigenvalue weighted by atomic mass is 15.2. The maximum atomic E-state index is 4.48. The molecule has 5 rings (SSSR count). The zero-order valence-corrected chi connectivity index (χ0v) is 12.7. The Hall–Kier alpha value is -3.47. The van der Waals surface area contributed by atoms with Crippen LogP contribution in [0.25, 0.3) is 44.5 Å². The predicted molar refractivity (Wildman–Crippen MR) is 94.4 cm³/mol. The minimum absolute atomic E-state index is 0.710. The molecule has 5 nitrogen and oxygen atoms in total. The van der Waals surface area contributed by atoms with E-state index in [9.17, 15) is 0 Å². The molecule has 0 saturated heterocycles. The fourth-order valence-electron chi connectivity index (χ4n) is 3.02. The van der Waals surface area contributed by atoms with Crippen LogP contribution in [0, 0.1) is 0 Å². The van der Waals surface area contributed by atoms with Crippen molar-refractivity contribution >= 4 is 21.9 Å². The number of nitrogens with one attached hydrogen (secondary N) is 2. The Morgan fingerprint density at radius 2 is 1.75 bits per heavy atom. The number of aromatic nitrogens is 5. The lowest BCUT2D eigenvalue weighted by atomic mass is 10.1. The van der Waals surface area contributed by atoms with E-state index >= 15 is 0 Å². The lowest BCUT2D eigenvalue weighted by Crippen LogP contribution is -1.83. The number of fused-ring (bicyclic) bond motifs is 2. The van der Waals surface area contributed by atoms with Crippen LogP contribution in [0.5, 0.6) is 0 Å². The Morgan fingerprint density at radius 3 is 2.62 bits per heavy atom. The van der Waals surface area contributed by atoms with Crippen LogP contribution < -0.4 is 0 Å². The molecule has 0 bridgehead atoms. The summed E-state index contributed by atoms with van der Waals surface area (Å²) in [6.07, 6.45) is 5.41. The third kappa shape index (κ3) is 1.99. The van der Waals surface area contributed by atoms with Crippen LogP contribution >= 0.6 is 0 Å². The van der Waals surface area contributed by atoms with E-state index in [4.69, 9.17) is 0 Å². The molecule has 2 N–H and O–H groups in total. The van der Waals surface area contributed by atoms with E-state index < -0.39 is 0 Å². The van der Waals surface area contributed by atoms with Crippen molar-refractivity contribution in [2.24, 2.45) is 0 Å². The second-order valence-electron chi connectivity index (χ2n) is 5.70. The highest BCUT2D eigenvalue weighted by Gasteiger charge is 2.12. The highest BCUT2D eigenvalue weighted by Crippen LogP contribution is 2.30. The van der Waals surface area contributed by atoms with E-state index in [-0.39, 0.29) is 0 Å². The molecule has 5 heteroatoms. The fourth-order valence-corrected chi connectivity index (χ4v) is 3.02. The number of rotatable bonds is 2. The minimum atomic E-state index is 0.710. The van der Waals surface area contributed by atoms with E-state index in [0.717, 1.165) is 33.4 Å². The summed E-state index contributed by atoms with van der Waals surface area (Å²) in [4.78, 5) is 12.0. The summed E-state index contributed by atoms with van der Waals surface area (Å²) >= 11 is 0. The van der Waals surface area contributed by atoms with Crippen LogP contribution in [-0.4, -0.2) is 25.1 Å². The van der Waals surface area contributed by atoms with Gasteiger partial charge in [-0.15, -0.1) is 0 Å². The molecule has 0 atom stereocenters. The van der Waals surface area contributed by atoms with Crippen LogP contribution in [-0.2, 0) is 0 Å². The first-order valence-corrected chi connectivity index (χ1v) is 7.71. The van der Waals surface area contributed by atoms with Gasteiger partial charge in [0.2, 0.25) is 0 Å². The number of pyridine rings is 2. The first-order chi connectivity index (χ1) is 11.9. The van der Waals surface area contributed by atoms with Crippen molar-refractivity contribution in [3.05, 3.63) is 67.1 Å². The minimum Gasteiger partial charge on any atom is -0.353 e. The Kier molecular flexibility index (Phi) is 2.72. The molecule has 5 aromatic rings. The van der Waals surface area contributed by atoms with Gasteiger partial charge in [-0.3, -0.25) is 10.1 Å². The molecule has 0 amide bonds. The van der Waals surface area contributed by atoms with E-state index in [1.807, 2.05) is 30.5 Å². The van der Waals surface area contributed by atoms with Crippen molar-refractivity contribution in [3.8, 4) is 22.5 Å². The molecule has 0 fully saturated rings. The summed E-state index contributed by atoms with van der Waals surface area (Å²) in [5.74, 6) is 0. The predicted octanol–water partition coefficient (Wildman–Crippen LogP) is 4.17. The molecule has 1 aromatic carbocycles. The lowest BCUT2D eigenvalue weighted by Gasteiger charge is -2.01. The summed E-state index contributed by atoms with van der Waals surface area (Å²) in [5, 5.41) is 9.62. The molecule has 0 aliphatic heterocycles. The molecule has 114 valence electrons. The SMILES string of the molecule is c1ccc2[nH]c(-c3[nH]nc4ncc(-c5ccncc5)cc34)cc2c1. The highest BCUT2D eigenvalue weighted by molar-refractivity contribution is 5.95.